The maximum Gasteiger partial charge on any atom is 0.149 e. The SMILES string of the molecule is Cc1cc(C)c(O)c(-c2nc3c(-c4cc(-c5cc(-c6ccccc6)ccn5)cc(C(C)(C)C)c4)cccc3n2-c2ccc(-c3c(-c4ccccc4)cccc3C(C)(C)C)cc2-c2ccccc2)c1. The Labute approximate surface area is 401 Å². The molecule has 68 heavy (non-hydrogen) atoms. The number of nitrogens with zero attached hydrogens (tertiary/aromatic N) is 3. The monoisotopic (exact) mass is 883 g/mol. The number of benzene rings is 8. The summed E-state index contributed by atoms with van der Waals surface area (Å²) in [4.78, 5) is 10.6. The van der Waals surface area contributed by atoms with Crippen LogP contribution in [0.15, 0.2) is 194 Å². The van der Waals surface area contributed by atoms with Gasteiger partial charge in [-0.2, -0.15) is 0 Å². The van der Waals surface area contributed by atoms with Crippen molar-refractivity contribution in [1.29, 1.82) is 0 Å². The van der Waals surface area contributed by atoms with Gasteiger partial charge in [-0.15, -0.1) is 0 Å². The van der Waals surface area contributed by atoms with Gasteiger partial charge in [-0.3, -0.25) is 9.55 Å². The van der Waals surface area contributed by atoms with Crippen molar-refractivity contribution >= 4 is 11.0 Å². The number of rotatable bonds is 8. The molecule has 0 saturated carbocycles. The molecule has 0 saturated heterocycles. The van der Waals surface area contributed by atoms with E-state index in [0.717, 1.165) is 78.0 Å². The molecule has 0 bridgehead atoms. The lowest BCUT2D eigenvalue weighted by Gasteiger charge is -2.26. The molecule has 334 valence electrons. The lowest BCUT2D eigenvalue weighted by molar-refractivity contribution is 0.472. The van der Waals surface area contributed by atoms with Gasteiger partial charge in [0.05, 0.1) is 28.0 Å². The minimum Gasteiger partial charge on any atom is -0.507 e. The average molecular weight is 884 g/mol. The summed E-state index contributed by atoms with van der Waals surface area (Å²) in [6.07, 6.45) is 1.91. The van der Waals surface area contributed by atoms with Crippen molar-refractivity contribution in [3.8, 4) is 89.7 Å². The zero-order chi connectivity index (χ0) is 47.3. The summed E-state index contributed by atoms with van der Waals surface area (Å²) in [7, 11) is 0. The van der Waals surface area contributed by atoms with Crippen LogP contribution in [-0.4, -0.2) is 19.6 Å². The second kappa shape index (κ2) is 17.4. The Morgan fingerprint density at radius 3 is 1.76 bits per heavy atom. The van der Waals surface area contributed by atoms with Crippen molar-refractivity contribution in [2.24, 2.45) is 0 Å². The number of fused-ring (bicyclic) bond motifs is 1. The van der Waals surface area contributed by atoms with Crippen molar-refractivity contribution in [3.05, 3.63) is 217 Å². The molecule has 0 aliphatic rings. The second-order valence-corrected chi connectivity index (χ2v) is 20.2. The fourth-order valence-electron chi connectivity index (χ4n) is 9.73. The van der Waals surface area contributed by atoms with Gasteiger partial charge in [0.1, 0.15) is 11.6 Å². The average Bonchev–Trinajstić information content (AvgIpc) is 3.74. The third-order valence-corrected chi connectivity index (χ3v) is 13.2. The molecule has 0 atom stereocenters. The number of para-hydroxylation sites is 1. The van der Waals surface area contributed by atoms with Gasteiger partial charge < -0.3 is 5.11 Å². The largest absolute Gasteiger partial charge is 0.507 e. The van der Waals surface area contributed by atoms with E-state index in [1.807, 2.05) is 25.3 Å². The third-order valence-electron chi connectivity index (χ3n) is 13.2. The Balaban J connectivity index is 1.25. The quantitative estimate of drug-likeness (QED) is 0.165. The summed E-state index contributed by atoms with van der Waals surface area (Å²) in [5.74, 6) is 0.894. The predicted octanol–water partition coefficient (Wildman–Crippen LogP) is 17.0. The van der Waals surface area contributed by atoms with Crippen LogP contribution in [0.5, 0.6) is 5.75 Å². The van der Waals surface area contributed by atoms with E-state index < -0.39 is 0 Å². The molecule has 10 rings (SSSR count). The maximum absolute atomic E-state index is 12.0. The number of aromatic nitrogens is 3. The lowest BCUT2D eigenvalue weighted by Crippen LogP contribution is -2.13. The van der Waals surface area contributed by atoms with Gasteiger partial charge in [0.25, 0.3) is 0 Å². The number of phenols is 1. The van der Waals surface area contributed by atoms with E-state index in [1.165, 1.54) is 27.8 Å². The Kier molecular flexibility index (Phi) is 11.3. The van der Waals surface area contributed by atoms with Crippen LogP contribution in [0, 0.1) is 13.8 Å². The van der Waals surface area contributed by atoms with Crippen LogP contribution >= 0.6 is 0 Å². The van der Waals surface area contributed by atoms with Gasteiger partial charge in [0.2, 0.25) is 0 Å². The van der Waals surface area contributed by atoms with Gasteiger partial charge in [0.15, 0.2) is 0 Å². The summed E-state index contributed by atoms with van der Waals surface area (Å²) in [5, 5.41) is 12.0. The molecule has 10 aromatic rings. The van der Waals surface area contributed by atoms with Crippen LogP contribution in [0.4, 0.5) is 0 Å². The minimum atomic E-state index is -0.149. The van der Waals surface area contributed by atoms with Gasteiger partial charge >= 0.3 is 0 Å². The van der Waals surface area contributed by atoms with E-state index >= 15 is 0 Å². The number of pyridine rings is 1. The topological polar surface area (TPSA) is 50.9 Å². The summed E-state index contributed by atoms with van der Waals surface area (Å²) >= 11 is 0. The van der Waals surface area contributed by atoms with E-state index in [0.29, 0.717) is 11.4 Å². The zero-order valence-electron chi connectivity index (χ0n) is 40.3. The van der Waals surface area contributed by atoms with Gasteiger partial charge in [-0.25, -0.2) is 4.98 Å². The molecule has 4 heteroatoms. The van der Waals surface area contributed by atoms with Crippen molar-refractivity contribution in [2.45, 2.75) is 66.2 Å². The lowest BCUT2D eigenvalue weighted by atomic mass is 9.78. The molecule has 0 spiro atoms. The minimum absolute atomic E-state index is 0.124. The first-order valence-corrected chi connectivity index (χ1v) is 23.6. The molecule has 0 unspecified atom stereocenters. The highest BCUT2D eigenvalue weighted by atomic mass is 16.3. The standard InChI is InChI=1S/C64H57N3O/c1-41-34-42(2)61(68)54(35-41)62-66-60-52(48-36-49(38-50(37-48)63(3,4)5)56-40-46(32-33-65-56)43-20-12-9-13-21-43)27-19-29-58(60)67(62)57-31-30-47(39-53(57)45-24-16-11-17-25-45)59-51(44-22-14-10-15-23-44)26-18-28-55(59)64(6,7)8/h9-40,68H,1-8H3. The number of phenolic OH excluding ortho intramolecular Hbond substituents is 1. The molecule has 0 radical (unpaired) electrons. The van der Waals surface area contributed by atoms with Crippen LogP contribution in [0.2, 0.25) is 0 Å². The number of hydrogen-bond acceptors (Lipinski definition) is 3. The first-order valence-electron chi connectivity index (χ1n) is 23.6. The fraction of sp³-hybridized carbons (Fsp3) is 0.156. The van der Waals surface area contributed by atoms with Crippen LogP contribution in [0.3, 0.4) is 0 Å². The van der Waals surface area contributed by atoms with Crippen LogP contribution in [0.25, 0.3) is 95.0 Å². The highest BCUT2D eigenvalue weighted by Crippen LogP contribution is 2.46. The maximum atomic E-state index is 12.0. The number of hydrogen-bond donors (Lipinski definition) is 1. The zero-order valence-corrected chi connectivity index (χ0v) is 40.3. The molecule has 2 aromatic heterocycles. The van der Waals surface area contributed by atoms with Gasteiger partial charge in [0, 0.05) is 22.9 Å². The van der Waals surface area contributed by atoms with Crippen molar-refractivity contribution in [1.82, 2.24) is 14.5 Å². The molecule has 4 nitrogen and oxygen atoms in total. The summed E-state index contributed by atoms with van der Waals surface area (Å²) in [6.45, 7) is 17.7. The second-order valence-electron chi connectivity index (χ2n) is 20.2. The molecular formula is C64H57N3O. The van der Waals surface area contributed by atoms with E-state index in [1.54, 1.807) is 0 Å². The van der Waals surface area contributed by atoms with E-state index in [9.17, 15) is 5.11 Å². The normalized spacial score (nSPS) is 11.9. The van der Waals surface area contributed by atoms with Crippen LogP contribution < -0.4 is 0 Å². The molecule has 2 heterocycles. The van der Waals surface area contributed by atoms with E-state index in [4.69, 9.17) is 9.97 Å². The number of aromatic hydroxyl groups is 1. The molecule has 1 N–H and O–H groups in total. The Morgan fingerprint density at radius 2 is 1.09 bits per heavy atom. The smallest absolute Gasteiger partial charge is 0.149 e. The van der Waals surface area contributed by atoms with E-state index in [-0.39, 0.29) is 16.6 Å². The number of aryl methyl sites for hydroxylation is 2. The van der Waals surface area contributed by atoms with Crippen LogP contribution in [0.1, 0.15) is 63.8 Å². The summed E-state index contributed by atoms with van der Waals surface area (Å²) in [6, 6.07) is 67.2. The van der Waals surface area contributed by atoms with Crippen molar-refractivity contribution < 1.29 is 5.11 Å². The van der Waals surface area contributed by atoms with E-state index in [2.05, 4.69) is 229 Å². The van der Waals surface area contributed by atoms with Crippen LogP contribution in [-0.2, 0) is 10.8 Å². The Bertz CT molecular complexity index is 3480. The van der Waals surface area contributed by atoms with Crippen molar-refractivity contribution in [2.75, 3.05) is 0 Å². The molecule has 0 aliphatic carbocycles. The molecule has 8 aromatic carbocycles. The van der Waals surface area contributed by atoms with Gasteiger partial charge in [-0.05, 0) is 140 Å². The first-order chi connectivity index (χ1) is 32.7. The molecular weight excluding hydrogens is 827 g/mol. The predicted molar refractivity (Wildman–Crippen MR) is 285 cm³/mol. The Hall–Kier alpha value is -7.82. The summed E-state index contributed by atoms with van der Waals surface area (Å²) in [5.41, 5.74) is 20.6. The summed E-state index contributed by atoms with van der Waals surface area (Å²) < 4.78 is 2.27. The molecule has 0 amide bonds. The highest BCUT2D eigenvalue weighted by molar-refractivity contribution is 5.98. The number of imidazole rings is 1. The first kappa shape index (κ1) is 44.0. The molecule has 0 fully saturated rings. The van der Waals surface area contributed by atoms with Crippen molar-refractivity contribution in [3.63, 3.8) is 0 Å². The Morgan fingerprint density at radius 1 is 0.456 bits per heavy atom. The molecule has 0 aliphatic heterocycles. The highest BCUT2D eigenvalue weighted by Gasteiger charge is 2.27. The third kappa shape index (κ3) is 8.32. The van der Waals surface area contributed by atoms with Gasteiger partial charge in [-0.1, -0.05) is 181 Å². The fourth-order valence-corrected chi connectivity index (χ4v) is 9.73.